The SMILES string of the molecule is C=CCCC[C@H](NC(=O)c1cccc2ccccc12)C(=O)O. The smallest absolute Gasteiger partial charge is 0.326 e. The van der Waals surface area contributed by atoms with Gasteiger partial charge in [0.25, 0.3) is 5.91 Å². The van der Waals surface area contributed by atoms with Gasteiger partial charge in [-0.2, -0.15) is 0 Å². The number of carboxylic acids is 1. The maximum Gasteiger partial charge on any atom is 0.326 e. The van der Waals surface area contributed by atoms with Gasteiger partial charge in [-0.05, 0) is 36.1 Å². The van der Waals surface area contributed by atoms with Crippen molar-refractivity contribution in [3.8, 4) is 0 Å². The lowest BCUT2D eigenvalue weighted by Crippen LogP contribution is -2.40. The predicted octanol–water partition coefficient (Wildman–Crippen LogP) is 3.38. The molecule has 4 nitrogen and oxygen atoms in total. The third kappa shape index (κ3) is 3.73. The van der Waals surface area contributed by atoms with Gasteiger partial charge in [0, 0.05) is 5.56 Å². The van der Waals surface area contributed by atoms with Gasteiger partial charge in [-0.25, -0.2) is 4.79 Å². The second kappa shape index (κ2) is 7.41. The van der Waals surface area contributed by atoms with Crippen LogP contribution in [0.5, 0.6) is 0 Å². The van der Waals surface area contributed by atoms with E-state index in [1.807, 2.05) is 30.3 Å². The lowest BCUT2D eigenvalue weighted by Gasteiger charge is -2.15. The zero-order chi connectivity index (χ0) is 15.9. The molecule has 1 atom stereocenters. The number of aliphatic carboxylic acids is 1. The molecule has 0 bridgehead atoms. The Hall–Kier alpha value is -2.62. The van der Waals surface area contributed by atoms with Crippen LogP contribution in [-0.2, 0) is 4.79 Å². The van der Waals surface area contributed by atoms with Gasteiger partial charge in [0.05, 0.1) is 0 Å². The number of fused-ring (bicyclic) bond motifs is 1. The fourth-order valence-corrected chi connectivity index (χ4v) is 2.38. The highest BCUT2D eigenvalue weighted by atomic mass is 16.4. The van der Waals surface area contributed by atoms with Crippen LogP contribution in [-0.4, -0.2) is 23.0 Å². The van der Waals surface area contributed by atoms with Crippen molar-refractivity contribution in [3.63, 3.8) is 0 Å². The Kier molecular flexibility index (Phi) is 5.31. The minimum absolute atomic E-state index is 0.359. The molecular weight excluding hydrogens is 278 g/mol. The maximum absolute atomic E-state index is 12.4. The van der Waals surface area contributed by atoms with E-state index in [-0.39, 0.29) is 5.91 Å². The molecule has 114 valence electrons. The van der Waals surface area contributed by atoms with Crippen molar-refractivity contribution < 1.29 is 14.7 Å². The van der Waals surface area contributed by atoms with E-state index in [9.17, 15) is 14.7 Å². The molecule has 0 heterocycles. The van der Waals surface area contributed by atoms with Crippen LogP contribution in [0.2, 0.25) is 0 Å². The first-order valence-corrected chi connectivity index (χ1v) is 7.26. The van der Waals surface area contributed by atoms with Gasteiger partial charge in [-0.1, -0.05) is 42.5 Å². The molecule has 0 saturated heterocycles. The number of nitrogens with one attached hydrogen (secondary N) is 1. The molecule has 0 unspecified atom stereocenters. The van der Waals surface area contributed by atoms with E-state index in [0.29, 0.717) is 18.4 Å². The number of benzene rings is 2. The highest BCUT2D eigenvalue weighted by Crippen LogP contribution is 2.18. The van der Waals surface area contributed by atoms with E-state index in [4.69, 9.17) is 0 Å². The fraction of sp³-hybridized carbons (Fsp3) is 0.222. The summed E-state index contributed by atoms with van der Waals surface area (Å²) in [5.41, 5.74) is 0.494. The molecule has 0 aliphatic rings. The van der Waals surface area contributed by atoms with E-state index in [1.165, 1.54) is 0 Å². The van der Waals surface area contributed by atoms with E-state index in [0.717, 1.165) is 17.2 Å². The second-order valence-electron chi connectivity index (χ2n) is 5.11. The number of unbranched alkanes of at least 4 members (excludes halogenated alkanes) is 1. The zero-order valence-corrected chi connectivity index (χ0v) is 12.3. The van der Waals surface area contributed by atoms with Crippen LogP contribution in [0.3, 0.4) is 0 Å². The van der Waals surface area contributed by atoms with Crippen LogP contribution >= 0.6 is 0 Å². The number of rotatable bonds is 7. The van der Waals surface area contributed by atoms with Gasteiger partial charge < -0.3 is 10.4 Å². The van der Waals surface area contributed by atoms with Gasteiger partial charge in [0.15, 0.2) is 0 Å². The second-order valence-corrected chi connectivity index (χ2v) is 5.11. The summed E-state index contributed by atoms with van der Waals surface area (Å²) in [5, 5.41) is 13.6. The molecule has 0 spiro atoms. The van der Waals surface area contributed by atoms with E-state index in [1.54, 1.807) is 18.2 Å². The average Bonchev–Trinajstić information content (AvgIpc) is 2.53. The molecule has 22 heavy (non-hydrogen) atoms. The largest absolute Gasteiger partial charge is 0.480 e. The summed E-state index contributed by atoms with van der Waals surface area (Å²) in [4.78, 5) is 23.7. The summed E-state index contributed by atoms with van der Waals surface area (Å²) in [6, 6.07) is 12.1. The first-order valence-electron chi connectivity index (χ1n) is 7.26. The molecule has 0 radical (unpaired) electrons. The number of carboxylic acid groups (broad SMARTS) is 1. The third-order valence-electron chi connectivity index (χ3n) is 3.54. The Bertz CT molecular complexity index is 688. The van der Waals surface area contributed by atoms with Gasteiger partial charge in [0.1, 0.15) is 6.04 Å². The Balaban J connectivity index is 2.18. The average molecular weight is 297 g/mol. The van der Waals surface area contributed by atoms with Crippen molar-refractivity contribution in [2.75, 3.05) is 0 Å². The predicted molar refractivity (Wildman–Crippen MR) is 86.9 cm³/mol. The number of carbonyl (C=O) groups is 2. The molecule has 2 rings (SSSR count). The lowest BCUT2D eigenvalue weighted by molar-refractivity contribution is -0.139. The molecule has 2 N–H and O–H groups in total. The molecule has 0 saturated carbocycles. The van der Waals surface area contributed by atoms with Crippen molar-refractivity contribution in [2.45, 2.75) is 25.3 Å². The summed E-state index contributed by atoms with van der Waals surface area (Å²) in [6.07, 6.45) is 3.54. The highest BCUT2D eigenvalue weighted by Gasteiger charge is 2.20. The third-order valence-corrected chi connectivity index (χ3v) is 3.54. The molecule has 0 aliphatic carbocycles. The van der Waals surface area contributed by atoms with Gasteiger partial charge in [-0.3, -0.25) is 4.79 Å². The quantitative estimate of drug-likeness (QED) is 0.608. The van der Waals surface area contributed by atoms with E-state index in [2.05, 4.69) is 11.9 Å². The molecular formula is C18H19NO3. The standard InChI is InChI=1S/C18H19NO3/c1-2-3-4-12-16(18(21)22)19-17(20)15-11-7-9-13-8-5-6-10-14(13)15/h2,5-11,16H,1,3-4,12H2,(H,19,20)(H,21,22)/t16-/m0/s1. The van der Waals surface area contributed by atoms with Gasteiger partial charge in [-0.15, -0.1) is 6.58 Å². The molecule has 2 aromatic rings. The van der Waals surface area contributed by atoms with Gasteiger partial charge >= 0.3 is 5.97 Å². The number of amides is 1. The van der Waals surface area contributed by atoms with Crippen molar-refractivity contribution in [3.05, 3.63) is 60.7 Å². The number of allylic oxidation sites excluding steroid dienone is 1. The summed E-state index contributed by atoms with van der Waals surface area (Å²) < 4.78 is 0. The fourth-order valence-electron chi connectivity index (χ4n) is 2.38. The summed E-state index contributed by atoms with van der Waals surface area (Å²) in [5.74, 6) is -1.37. The Morgan fingerprint density at radius 2 is 1.91 bits per heavy atom. The molecule has 2 aromatic carbocycles. The van der Waals surface area contributed by atoms with Crippen LogP contribution < -0.4 is 5.32 Å². The van der Waals surface area contributed by atoms with E-state index < -0.39 is 12.0 Å². The van der Waals surface area contributed by atoms with Crippen LogP contribution in [0.25, 0.3) is 10.8 Å². The summed E-state index contributed by atoms with van der Waals surface area (Å²) >= 11 is 0. The Labute approximate surface area is 129 Å². The summed E-state index contributed by atoms with van der Waals surface area (Å²) in [6.45, 7) is 3.61. The normalized spacial score (nSPS) is 11.8. The first kappa shape index (κ1) is 15.8. The maximum atomic E-state index is 12.4. The van der Waals surface area contributed by atoms with Crippen molar-refractivity contribution in [1.82, 2.24) is 5.32 Å². The van der Waals surface area contributed by atoms with Gasteiger partial charge in [0.2, 0.25) is 0 Å². The number of hydrogen-bond acceptors (Lipinski definition) is 2. The summed E-state index contributed by atoms with van der Waals surface area (Å²) in [7, 11) is 0. The topological polar surface area (TPSA) is 66.4 Å². The van der Waals surface area contributed by atoms with Crippen LogP contribution in [0.4, 0.5) is 0 Å². The van der Waals surface area contributed by atoms with E-state index >= 15 is 0 Å². The van der Waals surface area contributed by atoms with Crippen molar-refractivity contribution >= 4 is 22.6 Å². The Morgan fingerprint density at radius 1 is 1.18 bits per heavy atom. The van der Waals surface area contributed by atoms with Crippen LogP contribution in [0.15, 0.2) is 55.1 Å². The van der Waals surface area contributed by atoms with Crippen molar-refractivity contribution in [1.29, 1.82) is 0 Å². The monoisotopic (exact) mass is 297 g/mol. The van der Waals surface area contributed by atoms with Crippen molar-refractivity contribution in [2.24, 2.45) is 0 Å². The minimum atomic E-state index is -1.02. The van der Waals surface area contributed by atoms with Crippen LogP contribution in [0.1, 0.15) is 29.6 Å². The molecule has 1 amide bonds. The molecule has 0 aliphatic heterocycles. The molecule has 0 fully saturated rings. The minimum Gasteiger partial charge on any atom is -0.480 e. The lowest BCUT2D eigenvalue weighted by atomic mass is 10.0. The highest BCUT2D eigenvalue weighted by molar-refractivity contribution is 6.07. The molecule has 4 heteroatoms. The zero-order valence-electron chi connectivity index (χ0n) is 12.3. The number of hydrogen-bond donors (Lipinski definition) is 2. The van der Waals surface area contributed by atoms with Crippen LogP contribution in [0, 0.1) is 0 Å². The molecule has 0 aromatic heterocycles. The Morgan fingerprint density at radius 3 is 2.64 bits per heavy atom. The number of carbonyl (C=O) groups excluding carboxylic acids is 1. The first-order chi connectivity index (χ1) is 10.6.